The molecular formula is C58H36N8S2. The summed E-state index contributed by atoms with van der Waals surface area (Å²) in [6.45, 7) is 0. The zero-order chi connectivity index (χ0) is 45.0. The number of hydrogen-bond donors (Lipinski definition) is 0. The molecule has 6 aromatic carbocycles. The number of nitrogens with zero attached hydrogens (tertiary/aromatic N) is 8. The second-order valence-electron chi connectivity index (χ2n) is 16.4. The van der Waals surface area contributed by atoms with Crippen molar-refractivity contribution in [3.8, 4) is 61.7 Å². The summed E-state index contributed by atoms with van der Waals surface area (Å²) in [6.07, 6.45) is 3.68. The van der Waals surface area contributed by atoms with Crippen LogP contribution in [-0.4, -0.2) is 34.5 Å². The maximum absolute atomic E-state index is 5.32. The van der Waals surface area contributed by atoms with E-state index in [4.69, 9.17) is 19.9 Å². The molecule has 13 rings (SSSR count). The monoisotopic (exact) mass is 908 g/mol. The smallest absolute Gasteiger partial charge is 0.238 e. The third kappa shape index (κ3) is 7.16. The van der Waals surface area contributed by atoms with Gasteiger partial charge in [0, 0.05) is 71.1 Å². The highest BCUT2D eigenvalue weighted by atomic mass is 32.1. The highest BCUT2D eigenvalue weighted by Crippen LogP contribution is 2.47. The molecule has 0 N–H and O–H groups in total. The van der Waals surface area contributed by atoms with E-state index in [1.54, 1.807) is 22.7 Å². The van der Waals surface area contributed by atoms with Crippen molar-refractivity contribution in [2.75, 3.05) is 4.90 Å². The highest BCUT2D eigenvalue weighted by molar-refractivity contribution is 7.31. The summed E-state index contributed by atoms with van der Waals surface area (Å²) < 4.78 is 4.57. The molecule has 0 fully saturated rings. The third-order valence-electron chi connectivity index (χ3n) is 12.2. The van der Waals surface area contributed by atoms with E-state index < -0.39 is 0 Å². The fourth-order valence-electron chi connectivity index (χ4n) is 8.94. The quantitative estimate of drug-likeness (QED) is 0.143. The molecule has 0 unspecified atom stereocenters. The number of hydrogen-bond acceptors (Lipinski definition) is 9. The van der Waals surface area contributed by atoms with Crippen molar-refractivity contribution >= 4 is 81.3 Å². The fraction of sp³-hybridized carbons (Fsp3) is 0. The van der Waals surface area contributed by atoms with Crippen LogP contribution in [0.15, 0.2) is 219 Å². The molecule has 0 bridgehead atoms. The lowest BCUT2D eigenvalue weighted by molar-refractivity contribution is 0.953. The Morgan fingerprint density at radius 1 is 0.412 bits per heavy atom. The summed E-state index contributed by atoms with van der Waals surface area (Å²) in [6, 6.07) is 71.3. The maximum Gasteiger partial charge on any atom is 0.238 e. The summed E-state index contributed by atoms with van der Waals surface area (Å²) in [7, 11) is 0. The Morgan fingerprint density at radius 3 is 1.65 bits per heavy atom. The minimum Gasteiger partial charge on any atom is -0.302 e. The molecule has 7 aromatic heterocycles. The summed E-state index contributed by atoms with van der Waals surface area (Å²) in [4.78, 5) is 33.5. The second kappa shape index (κ2) is 16.6. The Labute approximate surface area is 398 Å². The second-order valence-corrected chi connectivity index (χ2v) is 18.6. The molecule has 0 spiro atoms. The largest absolute Gasteiger partial charge is 0.302 e. The van der Waals surface area contributed by atoms with Crippen LogP contribution in [0.5, 0.6) is 0 Å². The molecule has 0 atom stereocenters. The highest BCUT2D eigenvalue weighted by Gasteiger charge is 2.22. The molecule has 0 aliphatic heterocycles. The SMILES string of the molecule is c1ccc(-c2nc(-c3ccccc3)nc(-n3c4ccc(-c5cc6sc(N(c7cccc(-c8ccccn8)c7)c7cccc(-c8ccccn8)c7)cc6s5)cc4c4nc5ccccc5cc43)n2)cc1. The molecule has 0 radical (unpaired) electrons. The van der Waals surface area contributed by atoms with E-state index in [9.17, 15) is 0 Å². The van der Waals surface area contributed by atoms with Crippen LogP contribution in [0.25, 0.3) is 104 Å². The van der Waals surface area contributed by atoms with Gasteiger partial charge in [-0.2, -0.15) is 9.97 Å². The van der Waals surface area contributed by atoms with Crippen molar-refractivity contribution in [1.82, 2.24) is 34.5 Å². The number of benzene rings is 6. The molecular weight excluding hydrogens is 873 g/mol. The van der Waals surface area contributed by atoms with Crippen molar-refractivity contribution < 1.29 is 0 Å². The molecule has 0 aliphatic carbocycles. The molecule has 0 saturated carbocycles. The molecule has 13 aromatic rings. The van der Waals surface area contributed by atoms with Gasteiger partial charge in [-0.25, -0.2) is 9.97 Å². The number of thiophene rings is 2. The van der Waals surface area contributed by atoms with E-state index in [0.29, 0.717) is 17.6 Å². The van der Waals surface area contributed by atoms with Crippen LogP contribution in [-0.2, 0) is 0 Å². The van der Waals surface area contributed by atoms with Crippen molar-refractivity contribution in [3.05, 3.63) is 219 Å². The third-order valence-corrected chi connectivity index (χ3v) is 14.5. The summed E-state index contributed by atoms with van der Waals surface area (Å²) in [5.74, 6) is 1.74. The van der Waals surface area contributed by atoms with E-state index in [1.807, 2.05) is 103 Å². The standard InChI is InChI=1S/C58H36N8S2/c1-3-15-37(16-4-1)56-62-57(38-17-5-2-6-18-38)64-58(63-56)66-49-28-27-42(33-45(49)55-50(66)34-41-19-7-8-26-48(41)61-55)51-35-52-53(67-51)36-54(68-52)65(43-22-13-20-39(31-43)46-24-9-11-29-59-46)44-23-14-21-40(32-44)47-25-10-12-30-60-47/h1-36H. The number of para-hydroxylation sites is 1. The Morgan fingerprint density at radius 2 is 1.01 bits per heavy atom. The van der Waals surface area contributed by atoms with Gasteiger partial charge in [-0.15, -0.1) is 22.7 Å². The van der Waals surface area contributed by atoms with Crippen molar-refractivity contribution in [2.45, 2.75) is 0 Å². The molecule has 0 saturated heterocycles. The number of fused-ring (bicyclic) bond motifs is 5. The van der Waals surface area contributed by atoms with Gasteiger partial charge in [-0.3, -0.25) is 14.5 Å². The first kappa shape index (κ1) is 39.6. The number of pyridine rings is 3. The van der Waals surface area contributed by atoms with Gasteiger partial charge in [0.25, 0.3) is 0 Å². The summed E-state index contributed by atoms with van der Waals surface area (Å²) in [5, 5.41) is 3.18. The zero-order valence-corrected chi connectivity index (χ0v) is 37.8. The lowest BCUT2D eigenvalue weighted by Crippen LogP contribution is -2.08. The Hall–Kier alpha value is -8.70. The number of rotatable bonds is 9. The van der Waals surface area contributed by atoms with Crippen LogP contribution in [0.2, 0.25) is 0 Å². The van der Waals surface area contributed by atoms with E-state index >= 15 is 0 Å². The molecule has 68 heavy (non-hydrogen) atoms. The first-order valence-electron chi connectivity index (χ1n) is 22.2. The predicted molar refractivity (Wildman–Crippen MR) is 280 cm³/mol. The maximum atomic E-state index is 5.32. The van der Waals surface area contributed by atoms with Gasteiger partial charge < -0.3 is 4.90 Å². The van der Waals surface area contributed by atoms with Gasteiger partial charge in [0.15, 0.2) is 11.6 Å². The average molecular weight is 909 g/mol. The fourth-order valence-corrected chi connectivity index (χ4v) is 11.4. The topological polar surface area (TPSA) is 85.5 Å². The molecule has 7 heterocycles. The lowest BCUT2D eigenvalue weighted by Gasteiger charge is -2.24. The van der Waals surface area contributed by atoms with E-state index in [2.05, 4.69) is 135 Å². The zero-order valence-electron chi connectivity index (χ0n) is 36.2. The van der Waals surface area contributed by atoms with E-state index in [-0.39, 0.29) is 0 Å². The van der Waals surface area contributed by atoms with Gasteiger partial charge in [-0.05, 0) is 90.5 Å². The van der Waals surface area contributed by atoms with Gasteiger partial charge in [0.2, 0.25) is 5.95 Å². The number of aromatic nitrogens is 7. The molecule has 10 heteroatoms. The van der Waals surface area contributed by atoms with Crippen LogP contribution in [0, 0.1) is 0 Å². The first-order chi connectivity index (χ1) is 33.7. The van der Waals surface area contributed by atoms with Crippen LogP contribution in [0.4, 0.5) is 16.4 Å². The van der Waals surface area contributed by atoms with Crippen molar-refractivity contribution in [1.29, 1.82) is 0 Å². The van der Waals surface area contributed by atoms with Crippen LogP contribution in [0.3, 0.4) is 0 Å². The Kier molecular flexibility index (Phi) is 9.69. The molecule has 0 amide bonds. The van der Waals surface area contributed by atoms with Crippen molar-refractivity contribution in [3.63, 3.8) is 0 Å². The predicted octanol–water partition coefficient (Wildman–Crippen LogP) is 15.4. The minimum absolute atomic E-state index is 0.535. The Bertz CT molecular complexity index is 3810. The van der Waals surface area contributed by atoms with Gasteiger partial charge in [0.05, 0.1) is 33.5 Å². The van der Waals surface area contributed by atoms with Gasteiger partial charge in [-0.1, -0.05) is 121 Å². The number of anilines is 3. The van der Waals surface area contributed by atoms with Crippen molar-refractivity contribution in [2.24, 2.45) is 0 Å². The molecule has 0 aliphatic rings. The van der Waals surface area contributed by atoms with Gasteiger partial charge >= 0.3 is 0 Å². The normalized spacial score (nSPS) is 11.5. The van der Waals surface area contributed by atoms with Crippen LogP contribution in [0.1, 0.15) is 0 Å². The van der Waals surface area contributed by atoms with Gasteiger partial charge in [0.1, 0.15) is 5.00 Å². The summed E-state index contributed by atoms with van der Waals surface area (Å²) in [5.41, 5.74) is 12.7. The lowest BCUT2D eigenvalue weighted by atomic mass is 10.1. The van der Waals surface area contributed by atoms with Crippen LogP contribution >= 0.6 is 22.7 Å². The van der Waals surface area contributed by atoms with Crippen LogP contribution < -0.4 is 4.90 Å². The molecule has 320 valence electrons. The first-order valence-corrected chi connectivity index (χ1v) is 23.9. The Balaban J connectivity index is 0.943. The van der Waals surface area contributed by atoms with E-state index in [1.165, 1.54) is 14.3 Å². The van der Waals surface area contributed by atoms with E-state index in [0.717, 1.165) is 88.4 Å². The summed E-state index contributed by atoms with van der Waals surface area (Å²) >= 11 is 3.59. The average Bonchev–Trinajstić information content (AvgIpc) is 4.09. The minimum atomic E-state index is 0.535. The molecule has 8 nitrogen and oxygen atoms in total.